The lowest BCUT2D eigenvalue weighted by Gasteiger charge is -2.53. The van der Waals surface area contributed by atoms with E-state index in [0.717, 1.165) is 68.1 Å². The molecule has 7 rings (SSSR count). The van der Waals surface area contributed by atoms with Crippen molar-refractivity contribution >= 4 is 29.2 Å². The lowest BCUT2D eigenvalue weighted by Crippen LogP contribution is -2.56. The van der Waals surface area contributed by atoms with Crippen LogP contribution in [0.15, 0.2) is 73.1 Å². The van der Waals surface area contributed by atoms with Gasteiger partial charge in [0, 0.05) is 70.8 Å². The lowest BCUT2D eigenvalue weighted by molar-refractivity contribution is -0.0217. The predicted octanol–water partition coefficient (Wildman–Crippen LogP) is 3.89. The van der Waals surface area contributed by atoms with Crippen LogP contribution in [0.1, 0.15) is 67.4 Å². The van der Waals surface area contributed by atoms with Crippen molar-refractivity contribution in [3.05, 3.63) is 107 Å². The molecule has 0 atom stereocenters. The van der Waals surface area contributed by atoms with Crippen LogP contribution in [0.5, 0.6) is 0 Å². The van der Waals surface area contributed by atoms with E-state index in [9.17, 15) is 14.4 Å². The predicted molar refractivity (Wildman–Crippen MR) is 185 cm³/mol. The molecule has 2 aromatic carbocycles. The number of hydrogen-bond acceptors (Lipinski definition) is 8. The molecule has 49 heavy (non-hydrogen) atoms. The van der Waals surface area contributed by atoms with Crippen LogP contribution in [0.2, 0.25) is 0 Å². The molecular weight excluding hydrogens is 620 g/mol. The van der Waals surface area contributed by atoms with E-state index in [-0.39, 0.29) is 23.3 Å². The maximum absolute atomic E-state index is 13.4. The number of morpholine rings is 1. The molecular formula is C37H42N8O4. The Bertz CT molecular complexity index is 1810. The van der Waals surface area contributed by atoms with Gasteiger partial charge in [-0.25, -0.2) is 9.97 Å². The monoisotopic (exact) mass is 662 g/mol. The summed E-state index contributed by atoms with van der Waals surface area (Å²) in [5.74, 6) is 0.828. The van der Waals surface area contributed by atoms with Gasteiger partial charge >= 0.3 is 0 Å². The minimum Gasteiger partial charge on any atom is -0.378 e. The van der Waals surface area contributed by atoms with E-state index in [1.54, 1.807) is 31.3 Å². The van der Waals surface area contributed by atoms with Crippen molar-refractivity contribution in [1.82, 2.24) is 29.7 Å². The van der Waals surface area contributed by atoms with Crippen LogP contribution in [-0.4, -0.2) is 89.0 Å². The van der Waals surface area contributed by atoms with Crippen LogP contribution in [-0.2, 0) is 29.9 Å². The highest BCUT2D eigenvalue weighted by Gasteiger charge is 2.49. The van der Waals surface area contributed by atoms with Crippen molar-refractivity contribution in [3.63, 3.8) is 0 Å². The van der Waals surface area contributed by atoms with Crippen LogP contribution in [0, 0.1) is 0 Å². The van der Waals surface area contributed by atoms with Gasteiger partial charge in [-0.1, -0.05) is 24.3 Å². The normalized spacial score (nSPS) is 16.8. The highest BCUT2D eigenvalue weighted by Crippen LogP contribution is 2.49. The Morgan fingerprint density at radius 3 is 2.18 bits per heavy atom. The molecule has 4 aromatic rings. The van der Waals surface area contributed by atoms with E-state index >= 15 is 0 Å². The third-order valence-electron chi connectivity index (χ3n) is 9.91. The SMILES string of the molecule is CN(C)C(=O)c1ccc(CN2CCn3c(cnc3C(=O)NCc3ccc(NC(=O)c4ccc(N5CCOCC5)nc4)cc3)C23CCC3)cc1. The maximum atomic E-state index is 13.4. The van der Waals surface area contributed by atoms with Gasteiger partial charge in [-0.15, -0.1) is 0 Å². The standard InChI is InChI=1S/C37H42N8O4/c1-42(2)36(48)28-8-4-27(5-9-28)25-44-16-17-45-31(37(44)14-3-15-37)24-39-33(45)35(47)40-22-26-6-11-30(12-7-26)41-34(46)29-10-13-32(38-23-29)43-18-20-49-21-19-43/h4-13,23-24H,3,14-22,25H2,1-2H3,(H,40,47)(H,41,46). The number of benzene rings is 2. The van der Waals surface area contributed by atoms with E-state index < -0.39 is 0 Å². The molecule has 1 saturated carbocycles. The second-order valence-corrected chi connectivity index (χ2v) is 13.2. The van der Waals surface area contributed by atoms with Crippen LogP contribution < -0.4 is 15.5 Å². The van der Waals surface area contributed by atoms with Crippen molar-refractivity contribution < 1.29 is 19.1 Å². The smallest absolute Gasteiger partial charge is 0.287 e. The van der Waals surface area contributed by atoms with Gasteiger partial charge < -0.3 is 29.7 Å². The number of aromatic nitrogens is 3. The highest BCUT2D eigenvalue weighted by molar-refractivity contribution is 6.04. The fraction of sp³-hybridized carbons (Fsp3) is 0.378. The molecule has 0 bridgehead atoms. The summed E-state index contributed by atoms with van der Waals surface area (Å²) >= 11 is 0. The van der Waals surface area contributed by atoms with E-state index in [2.05, 4.69) is 35.0 Å². The largest absolute Gasteiger partial charge is 0.378 e. The van der Waals surface area contributed by atoms with Crippen LogP contribution in [0.3, 0.4) is 0 Å². The Hall–Kier alpha value is -5.07. The summed E-state index contributed by atoms with van der Waals surface area (Å²) < 4.78 is 7.49. The summed E-state index contributed by atoms with van der Waals surface area (Å²) in [6.07, 6.45) is 6.65. The minimum atomic E-state index is -0.233. The van der Waals surface area contributed by atoms with Crippen molar-refractivity contribution in [2.75, 3.05) is 57.2 Å². The summed E-state index contributed by atoms with van der Waals surface area (Å²) in [5.41, 5.74) is 4.86. The van der Waals surface area contributed by atoms with Gasteiger partial charge in [0.15, 0.2) is 5.82 Å². The number of fused-ring (bicyclic) bond motifs is 2. The van der Waals surface area contributed by atoms with Crippen LogP contribution in [0.4, 0.5) is 11.5 Å². The number of nitrogens with one attached hydrogen (secondary N) is 2. The summed E-state index contributed by atoms with van der Waals surface area (Å²) in [5, 5.41) is 5.95. The molecule has 3 amide bonds. The zero-order chi connectivity index (χ0) is 34.0. The zero-order valence-corrected chi connectivity index (χ0v) is 28.0. The third-order valence-corrected chi connectivity index (χ3v) is 9.91. The van der Waals surface area contributed by atoms with Gasteiger partial charge in [-0.3, -0.25) is 19.3 Å². The van der Waals surface area contributed by atoms with Crippen molar-refractivity contribution in [2.24, 2.45) is 0 Å². The number of ether oxygens (including phenoxy) is 1. The number of amides is 3. The van der Waals surface area contributed by atoms with Crippen molar-refractivity contribution in [3.8, 4) is 0 Å². The summed E-state index contributed by atoms with van der Waals surface area (Å²) in [7, 11) is 3.52. The summed E-state index contributed by atoms with van der Waals surface area (Å²) in [6, 6.07) is 19.0. The van der Waals surface area contributed by atoms with Gasteiger partial charge in [-0.2, -0.15) is 0 Å². The first-order chi connectivity index (χ1) is 23.8. The molecule has 12 heteroatoms. The number of pyridine rings is 1. The number of carbonyl (C=O) groups is 3. The number of rotatable bonds is 9. The molecule has 12 nitrogen and oxygen atoms in total. The first-order valence-electron chi connectivity index (χ1n) is 16.9. The molecule has 0 unspecified atom stereocenters. The summed E-state index contributed by atoms with van der Waals surface area (Å²) in [4.78, 5) is 53.8. The molecule has 2 N–H and O–H groups in total. The number of anilines is 2. The Kier molecular flexibility index (Phi) is 9.15. The van der Waals surface area contributed by atoms with E-state index in [0.29, 0.717) is 48.9 Å². The Balaban J connectivity index is 0.941. The summed E-state index contributed by atoms with van der Waals surface area (Å²) in [6.45, 7) is 5.53. The molecule has 2 aliphatic heterocycles. The van der Waals surface area contributed by atoms with Crippen LogP contribution >= 0.6 is 0 Å². The van der Waals surface area contributed by atoms with E-state index in [1.807, 2.05) is 60.8 Å². The van der Waals surface area contributed by atoms with E-state index in [1.165, 1.54) is 0 Å². The third kappa shape index (κ3) is 6.66. The minimum absolute atomic E-state index is 0.00412. The van der Waals surface area contributed by atoms with Gasteiger partial charge in [-0.05, 0) is 66.8 Å². The highest BCUT2D eigenvalue weighted by atomic mass is 16.5. The average molecular weight is 663 g/mol. The topological polar surface area (TPSA) is 125 Å². The second-order valence-electron chi connectivity index (χ2n) is 13.2. The lowest BCUT2D eigenvalue weighted by atomic mass is 9.72. The van der Waals surface area contributed by atoms with E-state index in [4.69, 9.17) is 4.74 Å². The molecule has 1 aliphatic carbocycles. The molecule has 2 aromatic heterocycles. The van der Waals surface area contributed by atoms with Gasteiger partial charge in [0.1, 0.15) is 5.82 Å². The van der Waals surface area contributed by atoms with Gasteiger partial charge in [0.25, 0.3) is 17.7 Å². The molecule has 1 spiro atoms. The van der Waals surface area contributed by atoms with Crippen molar-refractivity contribution in [1.29, 1.82) is 0 Å². The number of imidazole rings is 1. The van der Waals surface area contributed by atoms with Crippen LogP contribution in [0.25, 0.3) is 0 Å². The molecule has 254 valence electrons. The molecule has 1 saturated heterocycles. The zero-order valence-electron chi connectivity index (χ0n) is 28.0. The fourth-order valence-corrected chi connectivity index (χ4v) is 6.97. The number of carbonyl (C=O) groups excluding carboxylic acids is 3. The Morgan fingerprint density at radius 2 is 1.53 bits per heavy atom. The molecule has 2 fully saturated rings. The van der Waals surface area contributed by atoms with Gasteiger partial charge in [0.05, 0.1) is 36.2 Å². The first-order valence-corrected chi connectivity index (χ1v) is 16.9. The quantitative estimate of drug-likeness (QED) is 0.277. The first kappa shape index (κ1) is 32.5. The second kappa shape index (κ2) is 13.8. The number of nitrogens with zero attached hydrogens (tertiary/aromatic N) is 6. The maximum Gasteiger partial charge on any atom is 0.287 e. The van der Waals surface area contributed by atoms with Crippen molar-refractivity contribution in [2.45, 2.75) is 44.4 Å². The fourth-order valence-electron chi connectivity index (χ4n) is 6.97. The van der Waals surface area contributed by atoms with Gasteiger partial charge in [0.2, 0.25) is 0 Å². The molecule has 0 radical (unpaired) electrons. The average Bonchev–Trinajstić information content (AvgIpc) is 3.55. The Morgan fingerprint density at radius 1 is 0.816 bits per heavy atom. The Labute approximate surface area is 286 Å². The number of hydrogen-bond donors (Lipinski definition) is 2. The molecule has 3 aliphatic rings. The molecule has 4 heterocycles.